The molecule has 0 fully saturated rings. The zero-order valence-electron chi connectivity index (χ0n) is 11.7. The number of benzene rings is 1. The van der Waals surface area contributed by atoms with Gasteiger partial charge in [-0.25, -0.2) is 0 Å². The minimum absolute atomic E-state index is 0.306. The Hall–Kier alpha value is -0.980. The van der Waals surface area contributed by atoms with Crippen molar-refractivity contribution in [3.05, 3.63) is 28.2 Å². The highest BCUT2D eigenvalue weighted by molar-refractivity contribution is 9.10. The van der Waals surface area contributed by atoms with E-state index < -0.39 is 0 Å². The van der Waals surface area contributed by atoms with Gasteiger partial charge in [-0.05, 0) is 31.5 Å². The molecule has 0 saturated heterocycles. The summed E-state index contributed by atoms with van der Waals surface area (Å²) < 4.78 is 6.61. The first kappa shape index (κ1) is 16.1. The van der Waals surface area contributed by atoms with Crippen LogP contribution in [0.15, 0.2) is 22.7 Å². The molecule has 0 aromatic heterocycles. The van der Waals surface area contributed by atoms with Gasteiger partial charge in [-0.1, -0.05) is 41.6 Å². The Balaban J connectivity index is 2.60. The van der Waals surface area contributed by atoms with E-state index in [9.17, 15) is 0 Å². The maximum absolute atomic E-state index is 5.56. The minimum atomic E-state index is 0.306. The molecule has 0 saturated carbocycles. The van der Waals surface area contributed by atoms with Gasteiger partial charge in [0, 0.05) is 22.6 Å². The Morgan fingerprint density at radius 1 is 1.47 bits per heavy atom. The minimum Gasteiger partial charge on any atom is -0.481 e. The van der Waals surface area contributed by atoms with Gasteiger partial charge in [-0.3, -0.25) is 0 Å². The van der Waals surface area contributed by atoms with Crippen molar-refractivity contribution >= 4 is 15.9 Å². The molecule has 0 amide bonds. The zero-order valence-corrected chi connectivity index (χ0v) is 13.3. The predicted octanol–water partition coefficient (Wildman–Crippen LogP) is 4.13. The average molecular weight is 324 g/mol. The lowest BCUT2D eigenvalue weighted by molar-refractivity contribution is 0.363. The summed E-state index contributed by atoms with van der Waals surface area (Å²) in [7, 11) is 0. The van der Waals surface area contributed by atoms with Gasteiger partial charge in [-0.15, -0.1) is 6.42 Å². The third kappa shape index (κ3) is 6.13. The summed E-state index contributed by atoms with van der Waals surface area (Å²) in [5.74, 6) is 3.35. The molecule has 0 spiro atoms. The Morgan fingerprint density at radius 3 is 2.95 bits per heavy atom. The molecule has 0 aliphatic heterocycles. The summed E-state index contributed by atoms with van der Waals surface area (Å²) in [5.41, 5.74) is 1.13. The smallest absolute Gasteiger partial charge is 0.148 e. The van der Waals surface area contributed by atoms with E-state index in [-0.39, 0.29) is 0 Å². The third-order valence-corrected chi connectivity index (χ3v) is 3.46. The number of hydrogen-bond acceptors (Lipinski definition) is 2. The van der Waals surface area contributed by atoms with Gasteiger partial charge >= 0.3 is 0 Å². The summed E-state index contributed by atoms with van der Waals surface area (Å²) in [6.45, 7) is 5.53. The largest absolute Gasteiger partial charge is 0.481 e. The molecule has 1 aromatic rings. The number of unbranched alkanes of at least 4 members (excludes halogenated alkanes) is 1. The van der Waals surface area contributed by atoms with Crippen LogP contribution in [0.25, 0.3) is 0 Å². The summed E-state index contributed by atoms with van der Waals surface area (Å²) in [5, 5.41) is 3.53. The lowest BCUT2D eigenvalue weighted by atomic mass is 10.1. The van der Waals surface area contributed by atoms with Crippen molar-refractivity contribution in [2.45, 2.75) is 45.7 Å². The van der Waals surface area contributed by atoms with Gasteiger partial charge in [0.2, 0.25) is 0 Å². The first-order chi connectivity index (χ1) is 9.17. The molecule has 3 heteroatoms. The summed E-state index contributed by atoms with van der Waals surface area (Å²) in [6.07, 6.45) is 8.93. The first-order valence-electron chi connectivity index (χ1n) is 6.75. The second-order valence-electron chi connectivity index (χ2n) is 4.67. The third-order valence-electron chi connectivity index (χ3n) is 2.97. The molecule has 0 bridgehead atoms. The molecule has 104 valence electrons. The van der Waals surface area contributed by atoms with Crippen molar-refractivity contribution in [2.24, 2.45) is 0 Å². The quantitative estimate of drug-likeness (QED) is 0.726. The molecule has 1 atom stereocenters. The van der Waals surface area contributed by atoms with Crippen LogP contribution in [0.2, 0.25) is 0 Å². The van der Waals surface area contributed by atoms with Crippen LogP contribution in [0.5, 0.6) is 5.75 Å². The van der Waals surface area contributed by atoms with Crippen molar-refractivity contribution in [3.8, 4) is 18.1 Å². The molecule has 0 radical (unpaired) electrons. The number of ether oxygens (including phenoxy) is 1. The van der Waals surface area contributed by atoms with Gasteiger partial charge in [0.15, 0.2) is 0 Å². The molecular weight excluding hydrogens is 302 g/mol. The van der Waals surface area contributed by atoms with Crippen LogP contribution in [0.1, 0.15) is 38.7 Å². The van der Waals surface area contributed by atoms with Crippen molar-refractivity contribution in [1.82, 2.24) is 5.32 Å². The van der Waals surface area contributed by atoms with Crippen LogP contribution < -0.4 is 10.1 Å². The van der Waals surface area contributed by atoms with Crippen molar-refractivity contribution in [3.63, 3.8) is 0 Å². The van der Waals surface area contributed by atoms with E-state index in [1.165, 1.54) is 19.3 Å². The normalized spacial score (nSPS) is 11.9. The fourth-order valence-electron chi connectivity index (χ4n) is 1.84. The molecule has 1 rings (SSSR count). The van der Waals surface area contributed by atoms with Crippen LogP contribution in [-0.2, 0) is 6.54 Å². The number of hydrogen-bond donors (Lipinski definition) is 1. The summed E-state index contributed by atoms with van der Waals surface area (Å²) in [6, 6.07) is 6.51. The Labute approximate surface area is 125 Å². The summed E-state index contributed by atoms with van der Waals surface area (Å²) >= 11 is 3.49. The van der Waals surface area contributed by atoms with E-state index in [1.54, 1.807) is 0 Å². The fourth-order valence-corrected chi connectivity index (χ4v) is 2.25. The number of nitrogens with one attached hydrogen (secondary N) is 1. The van der Waals surface area contributed by atoms with Gasteiger partial charge in [0.05, 0.1) is 0 Å². The SMILES string of the molecule is C#CCOc1ccc(Br)cc1CNC(C)CCCC. The van der Waals surface area contributed by atoms with Gasteiger partial charge in [0.1, 0.15) is 12.4 Å². The highest BCUT2D eigenvalue weighted by atomic mass is 79.9. The van der Waals surface area contributed by atoms with Gasteiger partial charge in [0.25, 0.3) is 0 Å². The van der Waals surface area contributed by atoms with E-state index >= 15 is 0 Å². The molecule has 0 aliphatic carbocycles. The maximum Gasteiger partial charge on any atom is 0.148 e. The van der Waals surface area contributed by atoms with E-state index in [0.29, 0.717) is 12.6 Å². The molecule has 19 heavy (non-hydrogen) atoms. The highest BCUT2D eigenvalue weighted by Crippen LogP contribution is 2.23. The standard InChI is InChI=1S/C16H22BrNO/c1-4-6-7-13(3)18-12-14-11-15(17)8-9-16(14)19-10-5-2/h2,8-9,11,13,18H,4,6-7,10,12H2,1,3H3. The van der Waals surface area contributed by atoms with Gasteiger partial charge < -0.3 is 10.1 Å². The average Bonchev–Trinajstić information content (AvgIpc) is 2.41. The molecule has 1 unspecified atom stereocenters. The van der Waals surface area contributed by atoms with Gasteiger partial charge in [-0.2, -0.15) is 0 Å². The van der Waals surface area contributed by atoms with E-state index in [1.807, 2.05) is 12.1 Å². The monoisotopic (exact) mass is 323 g/mol. The highest BCUT2D eigenvalue weighted by Gasteiger charge is 2.06. The Morgan fingerprint density at radius 2 is 2.26 bits per heavy atom. The van der Waals surface area contributed by atoms with E-state index in [4.69, 9.17) is 11.2 Å². The number of terminal acetylenes is 1. The van der Waals surface area contributed by atoms with Crippen molar-refractivity contribution in [1.29, 1.82) is 0 Å². The van der Waals surface area contributed by atoms with E-state index in [0.717, 1.165) is 22.3 Å². The molecular formula is C16H22BrNO. The molecule has 2 nitrogen and oxygen atoms in total. The fraction of sp³-hybridized carbons (Fsp3) is 0.500. The summed E-state index contributed by atoms with van der Waals surface area (Å²) in [4.78, 5) is 0. The Bertz CT molecular complexity index is 425. The van der Waals surface area contributed by atoms with Crippen molar-refractivity contribution in [2.75, 3.05) is 6.61 Å². The maximum atomic E-state index is 5.56. The van der Waals surface area contributed by atoms with Crippen LogP contribution in [0.4, 0.5) is 0 Å². The predicted molar refractivity (Wildman–Crippen MR) is 84.3 cm³/mol. The first-order valence-corrected chi connectivity index (χ1v) is 7.54. The Kier molecular flexibility index (Phi) is 7.62. The second-order valence-corrected chi connectivity index (χ2v) is 5.58. The molecule has 1 aromatic carbocycles. The number of halogens is 1. The molecule has 1 N–H and O–H groups in total. The topological polar surface area (TPSA) is 21.3 Å². The number of rotatable bonds is 8. The van der Waals surface area contributed by atoms with Crippen molar-refractivity contribution < 1.29 is 4.74 Å². The molecule has 0 aliphatic rings. The zero-order chi connectivity index (χ0) is 14.1. The lowest BCUT2D eigenvalue weighted by Gasteiger charge is -2.15. The van der Waals surface area contributed by atoms with Crippen LogP contribution in [-0.4, -0.2) is 12.6 Å². The second kappa shape index (κ2) is 9.01. The van der Waals surface area contributed by atoms with E-state index in [2.05, 4.69) is 47.1 Å². The van der Waals surface area contributed by atoms with Crippen LogP contribution in [0.3, 0.4) is 0 Å². The van der Waals surface area contributed by atoms with Crippen LogP contribution in [0, 0.1) is 12.3 Å². The molecule has 0 heterocycles. The lowest BCUT2D eigenvalue weighted by Crippen LogP contribution is -2.25. The van der Waals surface area contributed by atoms with Crippen LogP contribution >= 0.6 is 15.9 Å².